The van der Waals surface area contributed by atoms with Crippen molar-refractivity contribution >= 4 is 29.5 Å². The number of nitrogens with two attached hydrogens (primary N) is 1. The summed E-state index contributed by atoms with van der Waals surface area (Å²) in [5.41, 5.74) is 4.10. The Morgan fingerprint density at radius 1 is 1.06 bits per heavy atom. The topological polar surface area (TPSA) is 134 Å². The van der Waals surface area contributed by atoms with Gasteiger partial charge in [-0.25, -0.2) is 9.59 Å². The maximum absolute atomic E-state index is 14.0. The summed E-state index contributed by atoms with van der Waals surface area (Å²) in [5.74, 6) is -3.61. The van der Waals surface area contributed by atoms with Gasteiger partial charge in [-0.3, -0.25) is 14.5 Å². The monoisotopic (exact) mass is 444 g/mol. The van der Waals surface area contributed by atoms with Crippen LogP contribution in [-0.2, 0) is 43.5 Å². The normalized spacial score (nSPS) is 19.6. The van der Waals surface area contributed by atoms with Crippen LogP contribution in [0.5, 0.6) is 0 Å². The number of nitrogens with zero attached hydrogens (tertiary/aromatic N) is 1. The van der Waals surface area contributed by atoms with Crippen LogP contribution in [0.4, 0.5) is 5.69 Å². The molecule has 2 aliphatic heterocycles. The Morgan fingerprint density at radius 2 is 1.66 bits per heavy atom. The molecule has 0 aliphatic carbocycles. The third-order valence-corrected chi connectivity index (χ3v) is 5.25. The van der Waals surface area contributed by atoms with E-state index in [0.717, 1.165) is 4.90 Å². The summed E-state index contributed by atoms with van der Waals surface area (Å²) < 4.78 is 20.6. The molecule has 1 atom stereocenters. The summed E-state index contributed by atoms with van der Waals surface area (Å²) in [6.45, 7) is 4.20. The van der Waals surface area contributed by atoms with Crippen molar-refractivity contribution in [3.8, 4) is 0 Å². The second-order valence-corrected chi connectivity index (χ2v) is 6.95. The average Bonchev–Trinajstić information content (AvgIpc) is 2.97. The number of allylic oxidation sites excluding steroid dienone is 1. The number of anilines is 1. The molecule has 0 fully saturated rings. The van der Waals surface area contributed by atoms with Gasteiger partial charge in [0.15, 0.2) is 0 Å². The Kier molecular flexibility index (Phi) is 6.24. The summed E-state index contributed by atoms with van der Waals surface area (Å²) >= 11 is 0. The SMILES string of the molecule is CCOC(=O)C1=C(C)OC(N)=C(C(=O)OCC)C12C(=O)N(CC(=O)OC)c1ccccc12. The highest BCUT2D eigenvalue weighted by atomic mass is 16.5. The van der Waals surface area contributed by atoms with E-state index in [1.807, 2.05) is 0 Å². The van der Waals surface area contributed by atoms with Gasteiger partial charge < -0.3 is 24.7 Å². The Labute approximate surface area is 184 Å². The molecule has 2 aliphatic rings. The van der Waals surface area contributed by atoms with Crippen LogP contribution in [0.3, 0.4) is 0 Å². The van der Waals surface area contributed by atoms with Crippen molar-refractivity contribution in [3.05, 3.63) is 52.6 Å². The number of methoxy groups -OCH3 is 1. The molecule has 1 aromatic carbocycles. The maximum Gasteiger partial charge on any atom is 0.341 e. The fourth-order valence-corrected chi connectivity index (χ4v) is 4.08. The van der Waals surface area contributed by atoms with Gasteiger partial charge in [-0.2, -0.15) is 0 Å². The van der Waals surface area contributed by atoms with Gasteiger partial charge in [0, 0.05) is 11.3 Å². The summed E-state index contributed by atoms with van der Waals surface area (Å²) in [7, 11) is 1.19. The van der Waals surface area contributed by atoms with E-state index in [1.54, 1.807) is 38.1 Å². The molecule has 1 aromatic rings. The number of ether oxygens (including phenoxy) is 4. The third-order valence-electron chi connectivity index (χ3n) is 5.25. The average molecular weight is 444 g/mol. The molecule has 32 heavy (non-hydrogen) atoms. The molecule has 1 spiro atoms. The van der Waals surface area contributed by atoms with Crippen molar-refractivity contribution < 1.29 is 38.1 Å². The second-order valence-electron chi connectivity index (χ2n) is 6.95. The third kappa shape index (κ3) is 3.28. The van der Waals surface area contributed by atoms with E-state index >= 15 is 0 Å². The van der Waals surface area contributed by atoms with Crippen molar-refractivity contribution in [2.75, 3.05) is 31.8 Å². The molecule has 1 unspecified atom stereocenters. The van der Waals surface area contributed by atoms with Crippen molar-refractivity contribution in [3.63, 3.8) is 0 Å². The lowest BCUT2D eigenvalue weighted by Gasteiger charge is -2.36. The summed E-state index contributed by atoms with van der Waals surface area (Å²) in [4.78, 5) is 53.4. The predicted octanol–water partition coefficient (Wildman–Crippen LogP) is 1.04. The standard InChI is InChI=1S/C22H24N2O8/c1-5-30-19(26)16-12(3)32-18(23)17(20(27)31-6-2)22(16)13-9-7-8-10-14(13)24(21(22)28)11-15(25)29-4/h7-10H,5-6,11,23H2,1-4H3. The molecule has 1 amide bonds. The molecule has 170 valence electrons. The van der Waals surface area contributed by atoms with Gasteiger partial charge in [0.05, 0.1) is 20.3 Å². The molecule has 0 saturated carbocycles. The first-order chi connectivity index (χ1) is 15.2. The lowest BCUT2D eigenvalue weighted by Crippen LogP contribution is -2.51. The van der Waals surface area contributed by atoms with E-state index in [0.29, 0.717) is 5.69 Å². The van der Waals surface area contributed by atoms with E-state index in [9.17, 15) is 19.2 Å². The van der Waals surface area contributed by atoms with Crippen LogP contribution in [0.1, 0.15) is 26.3 Å². The van der Waals surface area contributed by atoms with Crippen LogP contribution < -0.4 is 10.6 Å². The first-order valence-electron chi connectivity index (χ1n) is 9.97. The number of esters is 3. The largest absolute Gasteiger partial charge is 0.468 e. The molecule has 0 aromatic heterocycles. The molecule has 10 nitrogen and oxygen atoms in total. The summed E-state index contributed by atoms with van der Waals surface area (Å²) in [5, 5.41) is 0. The minimum atomic E-state index is -2.02. The van der Waals surface area contributed by atoms with Crippen molar-refractivity contribution in [2.24, 2.45) is 5.73 Å². The quantitative estimate of drug-likeness (QED) is 0.504. The summed E-state index contributed by atoms with van der Waals surface area (Å²) in [6, 6.07) is 6.47. The van der Waals surface area contributed by atoms with Gasteiger partial charge in [-0.05, 0) is 26.8 Å². The predicted molar refractivity (Wildman–Crippen MR) is 111 cm³/mol. The lowest BCUT2D eigenvalue weighted by atomic mass is 9.67. The van der Waals surface area contributed by atoms with Crippen LogP contribution in [-0.4, -0.2) is 50.7 Å². The highest BCUT2D eigenvalue weighted by molar-refractivity contribution is 6.23. The first-order valence-corrected chi connectivity index (χ1v) is 9.97. The number of rotatable bonds is 6. The van der Waals surface area contributed by atoms with Gasteiger partial charge in [0.2, 0.25) is 11.8 Å². The first kappa shape index (κ1) is 22.9. The van der Waals surface area contributed by atoms with E-state index < -0.39 is 35.8 Å². The molecule has 0 saturated heterocycles. The van der Waals surface area contributed by atoms with Gasteiger partial charge >= 0.3 is 17.9 Å². The minimum absolute atomic E-state index is 0.00271. The number of benzene rings is 1. The number of hydrogen-bond acceptors (Lipinski definition) is 9. The van der Waals surface area contributed by atoms with E-state index in [1.165, 1.54) is 14.0 Å². The molecular weight excluding hydrogens is 420 g/mol. The molecule has 10 heteroatoms. The number of fused-ring (bicyclic) bond motifs is 2. The van der Waals surface area contributed by atoms with Crippen LogP contribution in [0.15, 0.2) is 47.1 Å². The van der Waals surface area contributed by atoms with E-state index in [2.05, 4.69) is 0 Å². The van der Waals surface area contributed by atoms with Crippen LogP contribution in [0.2, 0.25) is 0 Å². The zero-order valence-electron chi connectivity index (χ0n) is 18.2. The molecule has 2 heterocycles. The number of hydrogen-bond donors (Lipinski definition) is 1. The second kappa shape index (κ2) is 8.74. The van der Waals surface area contributed by atoms with Gasteiger partial charge in [0.1, 0.15) is 28.9 Å². The van der Waals surface area contributed by atoms with Crippen molar-refractivity contribution in [1.29, 1.82) is 0 Å². The highest BCUT2D eigenvalue weighted by Crippen LogP contribution is 2.54. The smallest absolute Gasteiger partial charge is 0.341 e. The highest BCUT2D eigenvalue weighted by Gasteiger charge is 2.64. The molecule has 0 bridgehead atoms. The zero-order valence-corrected chi connectivity index (χ0v) is 18.2. The number of amides is 1. The Hall–Kier alpha value is -3.82. The van der Waals surface area contributed by atoms with E-state index in [4.69, 9.17) is 24.7 Å². The van der Waals surface area contributed by atoms with E-state index in [-0.39, 0.29) is 41.6 Å². The number of carbonyl (C=O) groups excluding carboxylic acids is 4. The fourth-order valence-electron chi connectivity index (χ4n) is 4.08. The lowest BCUT2D eigenvalue weighted by molar-refractivity contribution is -0.143. The summed E-state index contributed by atoms with van der Waals surface area (Å²) in [6.07, 6.45) is 0. The van der Waals surface area contributed by atoms with Crippen LogP contribution in [0.25, 0.3) is 0 Å². The van der Waals surface area contributed by atoms with Gasteiger partial charge in [0.25, 0.3) is 0 Å². The number of carbonyl (C=O) groups is 4. The van der Waals surface area contributed by atoms with Gasteiger partial charge in [-0.15, -0.1) is 0 Å². The molecular formula is C22H24N2O8. The molecule has 0 radical (unpaired) electrons. The Balaban J connectivity index is 2.39. The Bertz CT molecular complexity index is 1020. The van der Waals surface area contributed by atoms with Gasteiger partial charge in [-0.1, -0.05) is 18.2 Å². The van der Waals surface area contributed by atoms with Crippen molar-refractivity contribution in [1.82, 2.24) is 0 Å². The zero-order chi connectivity index (χ0) is 23.6. The maximum atomic E-state index is 14.0. The fraction of sp³-hybridized carbons (Fsp3) is 0.364. The minimum Gasteiger partial charge on any atom is -0.468 e. The molecule has 2 N–H and O–H groups in total. The Morgan fingerprint density at radius 3 is 2.25 bits per heavy atom. The number of para-hydroxylation sites is 1. The molecule has 3 rings (SSSR count). The van der Waals surface area contributed by atoms with Crippen LogP contribution in [0, 0.1) is 0 Å². The van der Waals surface area contributed by atoms with Crippen molar-refractivity contribution in [2.45, 2.75) is 26.2 Å². The van der Waals surface area contributed by atoms with Crippen LogP contribution >= 0.6 is 0 Å².